The summed E-state index contributed by atoms with van der Waals surface area (Å²) in [6, 6.07) is 5.08. The fraction of sp³-hybridized carbons (Fsp3) is 0.500. The van der Waals surface area contributed by atoms with Gasteiger partial charge < -0.3 is 19.9 Å². The molecule has 1 amide bonds. The number of anilines is 1. The minimum atomic E-state index is -0.543. The number of amides is 1. The molecule has 1 aromatic carbocycles. The molecule has 0 aliphatic heterocycles. The van der Waals surface area contributed by atoms with Gasteiger partial charge in [-0.25, -0.2) is 4.79 Å². The van der Waals surface area contributed by atoms with Gasteiger partial charge in [0.15, 0.2) is 11.5 Å². The van der Waals surface area contributed by atoms with Crippen LogP contribution in [0.4, 0.5) is 10.5 Å². The van der Waals surface area contributed by atoms with Crippen molar-refractivity contribution < 1.29 is 19.0 Å². The standard InChI is InChI=1S/C14H22N2O4/c1-14(2,3)20-13(17)16-10-5-6-11(19-8-7-15)12(9-10)18-4/h5-6,9H,7-8,15H2,1-4H3,(H,16,17). The Balaban J connectivity index is 2.75. The summed E-state index contributed by atoms with van der Waals surface area (Å²) >= 11 is 0. The van der Waals surface area contributed by atoms with Crippen LogP contribution in [0.1, 0.15) is 20.8 Å². The van der Waals surface area contributed by atoms with E-state index in [4.69, 9.17) is 19.9 Å². The second-order valence-corrected chi connectivity index (χ2v) is 5.13. The minimum Gasteiger partial charge on any atom is -0.493 e. The Hall–Kier alpha value is -1.95. The molecule has 0 heterocycles. The second kappa shape index (κ2) is 7.00. The molecule has 0 radical (unpaired) electrons. The van der Waals surface area contributed by atoms with Gasteiger partial charge >= 0.3 is 6.09 Å². The Morgan fingerprint density at radius 3 is 2.55 bits per heavy atom. The first-order valence-electron chi connectivity index (χ1n) is 6.36. The summed E-state index contributed by atoms with van der Waals surface area (Å²) in [5, 5.41) is 2.64. The normalized spacial score (nSPS) is 10.8. The van der Waals surface area contributed by atoms with Crippen molar-refractivity contribution in [2.24, 2.45) is 5.73 Å². The molecule has 0 saturated heterocycles. The van der Waals surface area contributed by atoms with Crippen LogP contribution in [0.5, 0.6) is 11.5 Å². The maximum Gasteiger partial charge on any atom is 0.412 e. The Kier molecular flexibility index (Phi) is 5.64. The van der Waals surface area contributed by atoms with E-state index in [0.29, 0.717) is 30.3 Å². The zero-order valence-electron chi connectivity index (χ0n) is 12.4. The fourth-order valence-electron chi connectivity index (χ4n) is 1.45. The number of rotatable bonds is 5. The Morgan fingerprint density at radius 1 is 1.30 bits per heavy atom. The van der Waals surface area contributed by atoms with Crippen LogP contribution in [-0.2, 0) is 4.74 Å². The van der Waals surface area contributed by atoms with Crippen LogP contribution in [0.2, 0.25) is 0 Å². The van der Waals surface area contributed by atoms with Crippen molar-refractivity contribution >= 4 is 11.8 Å². The summed E-state index contributed by atoms with van der Waals surface area (Å²) in [5.74, 6) is 1.10. The molecule has 1 aromatic rings. The van der Waals surface area contributed by atoms with Crippen LogP contribution in [0.3, 0.4) is 0 Å². The first kappa shape index (κ1) is 16.1. The summed E-state index contributed by atoms with van der Waals surface area (Å²) in [6.07, 6.45) is -0.518. The molecule has 0 bridgehead atoms. The highest BCUT2D eigenvalue weighted by Gasteiger charge is 2.16. The topological polar surface area (TPSA) is 82.8 Å². The van der Waals surface area contributed by atoms with Gasteiger partial charge in [0.05, 0.1) is 7.11 Å². The number of hydrogen-bond acceptors (Lipinski definition) is 5. The van der Waals surface area contributed by atoms with Gasteiger partial charge in [-0.3, -0.25) is 5.32 Å². The first-order chi connectivity index (χ1) is 9.35. The number of benzene rings is 1. The molecule has 0 aliphatic rings. The molecule has 0 unspecified atom stereocenters. The number of ether oxygens (including phenoxy) is 3. The molecule has 0 atom stereocenters. The van der Waals surface area contributed by atoms with Gasteiger partial charge in [0.2, 0.25) is 0 Å². The molecular formula is C14H22N2O4. The largest absolute Gasteiger partial charge is 0.493 e. The summed E-state index contributed by atoms with van der Waals surface area (Å²) in [7, 11) is 1.53. The van der Waals surface area contributed by atoms with Crippen LogP contribution in [0, 0.1) is 0 Å². The van der Waals surface area contributed by atoms with Crippen LogP contribution >= 0.6 is 0 Å². The molecule has 112 valence electrons. The lowest BCUT2D eigenvalue weighted by molar-refractivity contribution is 0.0636. The summed E-state index contributed by atoms with van der Waals surface area (Å²) in [5.41, 5.74) is 5.41. The highest BCUT2D eigenvalue weighted by atomic mass is 16.6. The number of nitrogens with one attached hydrogen (secondary N) is 1. The molecule has 1 rings (SSSR count). The average molecular weight is 282 g/mol. The van der Waals surface area contributed by atoms with Crippen molar-refractivity contribution in [3.8, 4) is 11.5 Å². The van der Waals surface area contributed by atoms with E-state index in [0.717, 1.165) is 0 Å². The van der Waals surface area contributed by atoms with Crippen molar-refractivity contribution in [1.82, 2.24) is 0 Å². The van der Waals surface area contributed by atoms with Crippen LogP contribution in [-0.4, -0.2) is 32.0 Å². The predicted octanol–water partition coefficient (Wildman–Crippen LogP) is 2.38. The zero-order valence-corrected chi connectivity index (χ0v) is 12.4. The van der Waals surface area contributed by atoms with E-state index in [-0.39, 0.29) is 0 Å². The van der Waals surface area contributed by atoms with Crippen molar-refractivity contribution in [2.75, 3.05) is 25.6 Å². The quantitative estimate of drug-likeness (QED) is 0.866. The van der Waals surface area contributed by atoms with Crippen LogP contribution < -0.4 is 20.5 Å². The molecular weight excluding hydrogens is 260 g/mol. The Labute approximate surface area is 119 Å². The lowest BCUT2D eigenvalue weighted by Crippen LogP contribution is -2.27. The Morgan fingerprint density at radius 2 is 2.00 bits per heavy atom. The summed E-state index contributed by atoms with van der Waals surface area (Å²) in [4.78, 5) is 11.7. The lowest BCUT2D eigenvalue weighted by atomic mass is 10.2. The monoisotopic (exact) mass is 282 g/mol. The van der Waals surface area contributed by atoms with E-state index >= 15 is 0 Å². The summed E-state index contributed by atoms with van der Waals surface area (Å²) in [6.45, 7) is 6.22. The highest BCUT2D eigenvalue weighted by Crippen LogP contribution is 2.30. The number of hydrogen-bond donors (Lipinski definition) is 2. The molecule has 0 fully saturated rings. The van der Waals surface area contributed by atoms with Gasteiger partial charge in [-0.1, -0.05) is 0 Å². The maximum absolute atomic E-state index is 11.7. The van der Waals surface area contributed by atoms with Crippen molar-refractivity contribution in [2.45, 2.75) is 26.4 Å². The average Bonchev–Trinajstić information content (AvgIpc) is 2.34. The van der Waals surface area contributed by atoms with Gasteiger partial charge in [0, 0.05) is 18.3 Å². The molecule has 0 spiro atoms. The van der Waals surface area contributed by atoms with Crippen molar-refractivity contribution in [1.29, 1.82) is 0 Å². The predicted molar refractivity (Wildman–Crippen MR) is 77.4 cm³/mol. The third-order valence-corrected chi connectivity index (χ3v) is 2.18. The van der Waals surface area contributed by atoms with E-state index in [1.54, 1.807) is 39.0 Å². The number of carbonyl (C=O) groups excluding carboxylic acids is 1. The third-order valence-electron chi connectivity index (χ3n) is 2.18. The van der Waals surface area contributed by atoms with Gasteiger partial charge in [-0.15, -0.1) is 0 Å². The van der Waals surface area contributed by atoms with Crippen LogP contribution in [0.15, 0.2) is 18.2 Å². The molecule has 0 aromatic heterocycles. The summed E-state index contributed by atoms with van der Waals surface area (Å²) < 4.78 is 15.8. The van der Waals surface area contributed by atoms with Gasteiger partial charge in [-0.05, 0) is 32.9 Å². The van der Waals surface area contributed by atoms with Crippen molar-refractivity contribution in [3.05, 3.63) is 18.2 Å². The molecule has 6 nitrogen and oxygen atoms in total. The fourth-order valence-corrected chi connectivity index (χ4v) is 1.45. The van der Waals surface area contributed by atoms with Crippen LogP contribution in [0.25, 0.3) is 0 Å². The van der Waals surface area contributed by atoms with E-state index in [1.165, 1.54) is 7.11 Å². The zero-order chi connectivity index (χ0) is 15.2. The molecule has 6 heteroatoms. The number of nitrogens with two attached hydrogens (primary N) is 1. The van der Waals surface area contributed by atoms with E-state index in [9.17, 15) is 4.79 Å². The first-order valence-corrected chi connectivity index (χ1v) is 6.36. The number of carbonyl (C=O) groups is 1. The molecule has 3 N–H and O–H groups in total. The van der Waals surface area contributed by atoms with Gasteiger partial charge in [-0.2, -0.15) is 0 Å². The molecule has 20 heavy (non-hydrogen) atoms. The van der Waals surface area contributed by atoms with Gasteiger partial charge in [0.25, 0.3) is 0 Å². The molecule has 0 saturated carbocycles. The maximum atomic E-state index is 11.7. The van der Waals surface area contributed by atoms with E-state index in [1.807, 2.05) is 0 Å². The third kappa shape index (κ3) is 5.36. The van der Waals surface area contributed by atoms with E-state index < -0.39 is 11.7 Å². The minimum absolute atomic E-state index is 0.398. The highest BCUT2D eigenvalue weighted by molar-refractivity contribution is 5.85. The van der Waals surface area contributed by atoms with Gasteiger partial charge in [0.1, 0.15) is 12.2 Å². The Bertz CT molecular complexity index is 455. The van der Waals surface area contributed by atoms with E-state index in [2.05, 4.69) is 5.32 Å². The smallest absolute Gasteiger partial charge is 0.412 e. The van der Waals surface area contributed by atoms with Crippen molar-refractivity contribution in [3.63, 3.8) is 0 Å². The number of methoxy groups -OCH3 is 1. The molecule has 0 aliphatic carbocycles. The second-order valence-electron chi connectivity index (χ2n) is 5.13. The lowest BCUT2D eigenvalue weighted by Gasteiger charge is -2.20. The SMILES string of the molecule is COc1cc(NC(=O)OC(C)(C)C)ccc1OCCN.